The third-order valence-electron chi connectivity index (χ3n) is 6.32. The van der Waals surface area contributed by atoms with Crippen molar-refractivity contribution >= 4 is 11.0 Å². The van der Waals surface area contributed by atoms with Crippen LogP contribution >= 0.6 is 0 Å². The van der Waals surface area contributed by atoms with E-state index in [1.54, 1.807) is 0 Å². The SMILES string of the molecule is CCCCCCOc1cccc(-c2nc3ccccc3nc2-c2cccc(OCCCCCC)c2)c1. The van der Waals surface area contributed by atoms with E-state index in [9.17, 15) is 0 Å². The van der Waals surface area contributed by atoms with Crippen LogP contribution in [0.2, 0.25) is 0 Å². The first-order valence-electron chi connectivity index (χ1n) is 13.5. The van der Waals surface area contributed by atoms with Crippen LogP contribution in [0.3, 0.4) is 0 Å². The molecule has 36 heavy (non-hydrogen) atoms. The molecule has 0 unspecified atom stereocenters. The summed E-state index contributed by atoms with van der Waals surface area (Å²) in [4.78, 5) is 10.1. The Labute approximate surface area is 215 Å². The highest BCUT2D eigenvalue weighted by Crippen LogP contribution is 2.34. The number of rotatable bonds is 14. The van der Waals surface area contributed by atoms with Crippen LogP contribution in [0, 0.1) is 0 Å². The van der Waals surface area contributed by atoms with E-state index < -0.39 is 0 Å². The molecule has 0 N–H and O–H groups in total. The molecule has 0 aliphatic rings. The van der Waals surface area contributed by atoms with Crippen LogP contribution in [0.4, 0.5) is 0 Å². The summed E-state index contributed by atoms with van der Waals surface area (Å²) >= 11 is 0. The van der Waals surface area contributed by atoms with Crippen LogP contribution in [0.25, 0.3) is 33.5 Å². The largest absolute Gasteiger partial charge is 0.494 e. The molecule has 0 aliphatic heterocycles. The van der Waals surface area contributed by atoms with E-state index in [-0.39, 0.29) is 0 Å². The lowest BCUT2D eigenvalue weighted by Gasteiger charge is -2.13. The normalized spacial score (nSPS) is 11.1. The molecule has 188 valence electrons. The smallest absolute Gasteiger partial charge is 0.119 e. The summed E-state index contributed by atoms with van der Waals surface area (Å²) in [6, 6.07) is 24.5. The molecule has 4 heteroatoms. The van der Waals surface area contributed by atoms with Gasteiger partial charge in [0.15, 0.2) is 0 Å². The molecule has 0 spiro atoms. The number of unbranched alkanes of at least 4 members (excludes halogenated alkanes) is 6. The number of ether oxygens (including phenoxy) is 2. The lowest BCUT2D eigenvalue weighted by Crippen LogP contribution is -1.99. The average Bonchev–Trinajstić information content (AvgIpc) is 2.92. The van der Waals surface area contributed by atoms with Gasteiger partial charge in [0.2, 0.25) is 0 Å². The fourth-order valence-corrected chi connectivity index (χ4v) is 4.31. The monoisotopic (exact) mass is 482 g/mol. The van der Waals surface area contributed by atoms with Gasteiger partial charge in [0.05, 0.1) is 35.6 Å². The van der Waals surface area contributed by atoms with Gasteiger partial charge < -0.3 is 9.47 Å². The van der Waals surface area contributed by atoms with E-state index in [1.165, 1.54) is 38.5 Å². The minimum absolute atomic E-state index is 0.733. The number of hydrogen-bond donors (Lipinski definition) is 0. The van der Waals surface area contributed by atoms with Gasteiger partial charge in [-0.25, -0.2) is 9.97 Å². The molecule has 4 rings (SSSR count). The van der Waals surface area contributed by atoms with Crippen molar-refractivity contribution in [2.45, 2.75) is 65.2 Å². The Balaban J connectivity index is 1.62. The summed E-state index contributed by atoms with van der Waals surface area (Å²) in [5.41, 5.74) is 5.46. The van der Waals surface area contributed by atoms with Crippen molar-refractivity contribution in [3.05, 3.63) is 72.8 Å². The number of fused-ring (bicyclic) bond motifs is 1. The minimum Gasteiger partial charge on any atom is -0.494 e. The average molecular weight is 483 g/mol. The van der Waals surface area contributed by atoms with Crippen LogP contribution < -0.4 is 9.47 Å². The molecule has 0 atom stereocenters. The van der Waals surface area contributed by atoms with Gasteiger partial charge in [0.25, 0.3) is 0 Å². The van der Waals surface area contributed by atoms with Gasteiger partial charge in [-0.3, -0.25) is 0 Å². The van der Waals surface area contributed by atoms with Gasteiger partial charge in [-0.05, 0) is 49.2 Å². The van der Waals surface area contributed by atoms with Gasteiger partial charge >= 0.3 is 0 Å². The van der Waals surface area contributed by atoms with Crippen molar-refractivity contribution in [1.29, 1.82) is 0 Å². The third kappa shape index (κ3) is 7.07. The summed E-state index contributed by atoms with van der Waals surface area (Å²) in [6.07, 6.45) is 9.51. The number of hydrogen-bond acceptors (Lipinski definition) is 4. The molecule has 0 aliphatic carbocycles. The van der Waals surface area contributed by atoms with Crippen molar-refractivity contribution in [1.82, 2.24) is 9.97 Å². The fourth-order valence-electron chi connectivity index (χ4n) is 4.31. The Bertz CT molecular complexity index is 1140. The van der Waals surface area contributed by atoms with Gasteiger partial charge in [0, 0.05) is 11.1 Å². The van der Waals surface area contributed by atoms with Crippen LogP contribution in [0.1, 0.15) is 65.2 Å². The molecular formula is C32H38N2O2. The molecule has 4 aromatic rings. The molecule has 0 saturated heterocycles. The maximum atomic E-state index is 6.07. The standard InChI is InChI=1S/C32H38N2O2/c1-3-5-7-11-21-35-27-17-13-15-25(23-27)31-32(34-30-20-10-9-19-29(30)33-31)26-16-14-18-28(24-26)36-22-12-8-6-4-2/h9-10,13-20,23-24H,3-8,11-12,21-22H2,1-2H3. The Morgan fingerprint density at radius 3 is 1.44 bits per heavy atom. The first-order valence-corrected chi connectivity index (χ1v) is 13.5. The highest BCUT2D eigenvalue weighted by Gasteiger charge is 2.15. The second-order valence-electron chi connectivity index (χ2n) is 9.28. The second kappa shape index (κ2) is 13.6. The third-order valence-corrected chi connectivity index (χ3v) is 6.32. The van der Waals surface area contributed by atoms with Gasteiger partial charge in [-0.2, -0.15) is 0 Å². The first-order chi connectivity index (χ1) is 17.8. The molecule has 3 aromatic carbocycles. The fraction of sp³-hybridized carbons (Fsp3) is 0.375. The van der Waals surface area contributed by atoms with E-state index in [4.69, 9.17) is 19.4 Å². The second-order valence-corrected chi connectivity index (χ2v) is 9.28. The number of para-hydroxylation sites is 2. The lowest BCUT2D eigenvalue weighted by molar-refractivity contribution is 0.305. The highest BCUT2D eigenvalue weighted by atomic mass is 16.5. The van der Waals surface area contributed by atoms with Crippen molar-refractivity contribution in [3.8, 4) is 34.0 Å². The molecule has 1 heterocycles. The van der Waals surface area contributed by atoms with Crippen molar-refractivity contribution in [2.24, 2.45) is 0 Å². The van der Waals surface area contributed by atoms with Crippen LogP contribution in [0.15, 0.2) is 72.8 Å². The molecule has 0 radical (unpaired) electrons. The Morgan fingerprint density at radius 1 is 0.528 bits per heavy atom. The van der Waals surface area contributed by atoms with Crippen LogP contribution in [-0.2, 0) is 0 Å². The summed E-state index contributed by atoms with van der Waals surface area (Å²) in [6.45, 7) is 5.92. The Kier molecular flexibility index (Phi) is 9.72. The molecule has 0 saturated carbocycles. The van der Waals surface area contributed by atoms with Crippen molar-refractivity contribution in [3.63, 3.8) is 0 Å². The molecule has 4 nitrogen and oxygen atoms in total. The Hall–Kier alpha value is -3.40. The minimum atomic E-state index is 0.733. The van der Waals surface area contributed by atoms with Gasteiger partial charge in [-0.1, -0.05) is 88.8 Å². The number of aromatic nitrogens is 2. The van der Waals surface area contributed by atoms with E-state index in [0.29, 0.717) is 0 Å². The zero-order valence-electron chi connectivity index (χ0n) is 21.7. The summed E-state index contributed by atoms with van der Waals surface area (Å²) in [5, 5.41) is 0. The molecule has 0 fully saturated rings. The molecule has 0 bridgehead atoms. The quantitative estimate of drug-likeness (QED) is 0.168. The van der Waals surface area contributed by atoms with E-state index in [1.807, 2.05) is 48.5 Å². The zero-order chi connectivity index (χ0) is 25.0. The van der Waals surface area contributed by atoms with E-state index >= 15 is 0 Å². The van der Waals surface area contributed by atoms with Crippen molar-refractivity contribution < 1.29 is 9.47 Å². The maximum Gasteiger partial charge on any atom is 0.119 e. The summed E-state index contributed by atoms with van der Waals surface area (Å²) in [5.74, 6) is 1.74. The first kappa shape index (κ1) is 25.7. The van der Waals surface area contributed by atoms with E-state index in [2.05, 4.69) is 38.1 Å². The maximum absolute atomic E-state index is 6.07. The van der Waals surface area contributed by atoms with Gasteiger partial charge in [-0.15, -0.1) is 0 Å². The highest BCUT2D eigenvalue weighted by molar-refractivity contribution is 5.86. The van der Waals surface area contributed by atoms with Crippen LogP contribution in [-0.4, -0.2) is 23.2 Å². The predicted molar refractivity (Wildman–Crippen MR) is 150 cm³/mol. The zero-order valence-corrected chi connectivity index (χ0v) is 21.7. The summed E-state index contributed by atoms with van der Waals surface area (Å²) < 4.78 is 12.1. The number of benzene rings is 3. The predicted octanol–water partition coefficient (Wildman–Crippen LogP) is 8.88. The molecule has 1 aromatic heterocycles. The molecular weight excluding hydrogens is 444 g/mol. The van der Waals surface area contributed by atoms with Crippen LogP contribution in [0.5, 0.6) is 11.5 Å². The Morgan fingerprint density at radius 2 is 1.00 bits per heavy atom. The lowest BCUT2D eigenvalue weighted by atomic mass is 10.0. The topological polar surface area (TPSA) is 44.2 Å². The summed E-state index contributed by atoms with van der Waals surface area (Å²) in [7, 11) is 0. The van der Waals surface area contributed by atoms with Crippen molar-refractivity contribution in [2.75, 3.05) is 13.2 Å². The molecule has 0 amide bonds. The van der Waals surface area contributed by atoms with Gasteiger partial charge in [0.1, 0.15) is 11.5 Å². The van der Waals surface area contributed by atoms with E-state index in [0.717, 1.165) is 71.1 Å². The number of nitrogens with zero attached hydrogens (tertiary/aromatic N) is 2.